The van der Waals surface area contributed by atoms with Gasteiger partial charge in [-0.15, -0.1) is 0 Å². The largest absolute Gasteiger partial charge is 0.381 e. The van der Waals surface area contributed by atoms with E-state index in [1.54, 1.807) is 0 Å². The van der Waals surface area contributed by atoms with Gasteiger partial charge in [0.25, 0.3) is 0 Å². The van der Waals surface area contributed by atoms with Crippen molar-refractivity contribution in [1.82, 2.24) is 15.1 Å². The summed E-state index contributed by atoms with van der Waals surface area (Å²) in [4.78, 5) is 15.2. The molecule has 138 valence electrons. The summed E-state index contributed by atoms with van der Waals surface area (Å²) in [6.07, 6.45) is 7.09. The van der Waals surface area contributed by atoms with Gasteiger partial charge in [-0.1, -0.05) is 12.8 Å². The summed E-state index contributed by atoms with van der Waals surface area (Å²) >= 11 is 0. The molecule has 3 aliphatic rings. The predicted octanol–water partition coefficient (Wildman–Crippen LogP) is 1.89. The molecule has 0 bridgehead atoms. The number of hydrogen-bond donors (Lipinski definition) is 2. The number of hydrogen-bond acceptors (Lipinski definition) is 5. The number of carbonyl (C=O) groups is 1. The molecule has 1 aliphatic carbocycles. The number of carbonyl (C=O) groups excluding carboxylic acids is 1. The van der Waals surface area contributed by atoms with Gasteiger partial charge in [0, 0.05) is 36.9 Å². The van der Waals surface area contributed by atoms with E-state index in [4.69, 9.17) is 9.47 Å². The summed E-state index contributed by atoms with van der Waals surface area (Å²) in [6.45, 7) is 3.59. The molecule has 2 N–H and O–H groups in total. The highest BCUT2D eigenvalue weighted by atomic mass is 16.5. The third-order valence-corrected chi connectivity index (χ3v) is 5.72. The molecule has 4 rings (SSSR count). The summed E-state index contributed by atoms with van der Waals surface area (Å²) in [5.41, 5.74) is 1.04. The maximum Gasteiger partial charge on any atom is 0.245 e. The Morgan fingerprint density at radius 3 is 2.80 bits per heavy atom. The quantitative estimate of drug-likeness (QED) is 0.869. The SMILES string of the molecule is O=C(Nc1cc([C@H]2CCCOC2)[nH]n1)[C@H]1COCCN1C1CCCC1. The lowest BCUT2D eigenvalue weighted by Crippen LogP contribution is -2.55. The molecular weight excluding hydrogens is 320 g/mol. The molecule has 2 atom stereocenters. The van der Waals surface area contributed by atoms with Crippen molar-refractivity contribution in [2.75, 3.05) is 38.3 Å². The molecule has 1 aromatic heterocycles. The van der Waals surface area contributed by atoms with E-state index in [9.17, 15) is 4.79 Å². The van der Waals surface area contributed by atoms with E-state index >= 15 is 0 Å². The Kier molecular flexibility index (Phi) is 5.33. The average molecular weight is 348 g/mol. The summed E-state index contributed by atoms with van der Waals surface area (Å²) in [5.74, 6) is 0.937. The highest BCUT2D eigenvalue weighted by Crippen LogP contribution is 2.28. The second kappa shape index (κ2) is 7.85. The van der Waals surface area contributed by atoms with E-state index in [2.05, 4.69) is 20.4 Å². The molecule has 1 saturated carbocycles. The number of ether oxygens (including phenoxy) is 2. The topological polar surface area (TPSA) is 79.5 Å². The monoisotopic (exact) mass is 348 g/mol. The smallest absolute Gasteiger partial charge is 0.245 e. The van der Waals surface area contributed by atoms with E-state index in [0.29, 0.717) is 31.0 Å². The number of H-pyrrole nitrogens is 1. The van der Waals surface area contributed by atoms with Crippen molar-refractivity contribution in [2.24, 2.45) is 0 Å². The van der Waals surface area contributed by atoms with Crippen LogP contribution in [0.4, 0.5) is 5.82 Å². The number of nitrogens with zero attached hydrogens (tertiary/aromatic N) is 2. The van der Waals surface area contributed by atoms with Crippen LogP contribution in [0.1, 0.15) is 50.1 Å². The third kappa shape index (κ3) is 3.88. The van der Waals surface area contributed by atoms with Gasteiger partial charge in [0.2, 0.25) is 5.91 Å². The van der Waals surface area contributed by atoms with Crippen LogP contribution in [-0.4, -0.2) is 66.1 Å². The number of aromatic nitrogens is 2. The van der Waals surface area contributed by atoms with Gasteiger partial charge in [-0.05, 0) is 25.7 Å². The Morgan fingerprint density at radius 2 is 2.00 bits per heavy atom. The Balaban J connectivity index is 1.39. The molecule has 3 fully saturated rings. The van der Waals surface area contributed by atoms with Crippen LogP contribution in [0.15, 0.2) is 6.07 Å². The molecular formula is C18H28N4O3. The normalized spacial score (nSPS) is 29.0. The fourth-order valence-electron chi connectivity index (χ4n) is 4.32. The maximum absolute atomic E-state index is 12.8. The van der Waals surface area contributed by atoms with Crippen LogP contribution in [0.25, 0.3) is 0 Å². The maximum atomic E-state index is 12.8. The van der Waals surface area contributed by atoms with Crippen molar-refractivity contribution >= 4 is 11.7 Å². The molecule has 0 radical (unpaired) electrons. The van der Waals surface area contributed by atoms with Gasteiger partial charge in [0.15, 0.2) is 5.82 Å². The van der Waals surface area contributed by atoms with Crippen molar-refractivity contribution in [3.05, 3.63) is 11.8 Å². The van der Waals surface area contributed by atoms with Crippen LogP contribution in [0.3, 0.4) is 0 Å². The lowest BCUT2D eigenvalue weighted by Gasteiger charge is -2.38. The number of morpholine rings is 1. The second-order valence-corrected chi connectivity index (χ2v) is 7.38. The van der Waals surface area contributed by atoms with E-state index in [-0.39, 0.29) is 11.9 Å². The van der Waals surface area contributed by atoms with Crippen molar-refractivity contribution in [2.45, 2.75) is 56.5 Å². The second-order valence-electron chi connectivity index (χ2n) is 7.38. The lowest BCUT2D eigenvalue weighted by molar-refractivity contribution is -0.129. The Bertz CT molecular complexity index is 579. The van der Waals surface area contributed by atoms with Gasteiger partial charge in [-0.3, -0.25) is 14.8 Å². The molecule has 1 aromatic rings. The van der Waals surface area contributed by atoms with Crippen LogP contribution in [0.5, 0.6) is 0 Å². The number of aromatic amines is 1. The summed E-state index contributed by atoms with van der Waals surface area (Å²) in [6, 6.07) is 2.25. The summed E-state index contributed by atoms with van der Waals surface area (Å²) in [7, 11) is 0. The molecule has 0 spiro atoms. The van der Waals surface area contributed by atoms with Crippen LogP contribution >= 0.6 is 0 Å². The van der Waals surface area contributed by atoms with E-state index in [1.807, 2.05) is 6.07 Å². The van der Waals surface area contributed by atoms with Gasteiger partial charge in [-0.25, -0.2) is 0 Å². The fraction of sp³-hybridized carbons (Fsp3) is 0.778. The Morgan fingerprint density at radius 1 is 1.16 bits per heavy atom. The van der Waals surface area contributed by atoms with Gasteiger partial charge in [0.05, 0.1) is 19.8 Å². The summed E-state index contributed by atoms with van der Waals surface area (Å²) in [5, 5.41) is 10.3. The number of nitrogens with one attached hydrogen (secondary N) is 2. The molecule has 1 amide bonds. The Labute approximate surface area is 148 Å². The summed E-state index contributed by atoms with van der Waals surface area (Å²) < 4.78 is 11.1. The fourth-order valence-corrected chi connectivity index (χ4v) is 4.32. The number of amides is 1. The van der Waals surface area contributed by atoms with Crippen LogP contribution in [0.2, 0.25) is 0 Å². The van der Waals surface area contributed by atoms with E-state index < -0.39 is 0 Å². The first-order valence-electron chi connectivity index (χ1n) is 9.58. The lowest BCUT2D eigenvalue weighted by atomic mass is 9.99. The first-order chi connectivity index (χ1) is 12.3. The molecule has 2 aliphatic heterocycles. The molecule has 25 heavy (non-hydrogen) atoms. The zero-order valence-corrected chi connectivity index (χ0v) is 14.7. The number of rotatable bonds is 4. The first-order valence-corrected chi connectivity index (χ1v) is 9.58. The van der Waals surface area contributed by atoms with Gasteiger partial charge in [-0.2, -0.15) is 5.10 Å². The van der Waals surface area contributed by atoms with E-state index in [1.165, 1.54) is 25.7 Å². The minimum atomic E-state index is -0.213. The van der Waals surface area contributed by atoms with Crippen molar-refractivity contribution in [3.8, 4) is 0 Å². The van der Waals surface area contributed by atoms with Gasteiger partial charge < -0.3 is 14.8 Å². The number of anilines is 1. The molecule has 3 heterocycles. The van der Waals surface area contributed by atoms with Crippen molar-refractivity contribution in [3.63, 3.8) is 0 Å². The zero-order valence-electron chi connectivity index (χ0n) is 14.7. The van der Waals surface area contributed by atoms with Gasteiger partial charge in [0.1, 0.15) is 6.04 Å². The minimum absolute atomic E-state index is 0.00968. The Hall–Kier alpha value is -1.44. The van der Waals surface area contributed by atoms with Crippen LogP contribution in [0, 0.1) is 0 Å². The highest BCUT2D eigenvalue weighted by molar-refractivity contribution is 5.94. The molecule has 0 unspecified atom stereocenters. The minimum Gasteiger partial charge on any atom is -0.381 e. The van der Waals surface area contributed by atoms with E-state index in [0.717, 1.165) is 38.3 Å². The molecule has 2 saturated heterocycles. The van der Waals surface area contributed by atoms with Crippen molar-refractivity contribution < 1.29 is 14.3 Å². The third-order valence-electron chi connectivity index (χ3n) is 5.72. The average Bonchev–Trinajstić information content (AvgIpc) is 3.34. The molecule has 0 aromatic carbocycles. The van der Waals surface area contributed by atoms with Gasteiger partial charge >= 0.3 is 0 Å². The first kappa shape index (κ1) is 17.0. The highest BCUT2D eigenvalue weighted by Gasteiger charge is 2.35. The predicted molar refractivity (Wildman–Crippen MR) is 93.6 cm³/mol. The molecule has 7 heteroatoms. The van der Waals surface area contributed by atoms with Crippen LogP contribution < -0.4 is 5.32 Å². The zero-order chi connectivity index (χ0) is 17.1. The molecule has 7 nitrogen and oxygen atoms in total. The van der Waals surface area contributed by atoms with Crippen molar-refractivity contribution in [1.29, 1.82) is 0 Å². The standard InChI is InChI=1S/C18H28N4O3/c23-18(16-12-25-9-7-22(16)14-5-1-2-6-14)19-17-10-15(20-21-17)13-4-3-8-24-11-13/h10,13-14,16H,1-9,11-12H2,(H2,19,20,21,23)/t13-,16+/m0/s1. The van der Waals surface area contributed by atoms with Crippen LogP contribution in [-0.2, 0) is 14.3 Å².